The minimum absolute atomic E-state index is 0.0283. The number of halogens is 6. The van der Waals surface area contributed by atoms with Gasteiger partial charge in [-0.25, -0.2) is 23.2 Å². The van der Waals surface area contributed by atoms with Crippen molar-refractivity contribution in [1.29, 1.82) is 0 Å². The van der Waals surface area contributed by atoms with Crippen molar-refractivity contribution in [2.45, 2.75) is 37.1 Å². The minimum Gasteiger partial charge on any atom is -0.476 e. The fraction of sp³-hybridized carbons (Fsp3) is 0.308. The van der Waals surface area contributed by atoms with Gasteiger partial charge in [0, 0.05) is 26.2 Å². The molecule has 2 aromatic carbocycles. The third-order valence-electron chi connectivity index (χ3n) is 6.38. The number of carboxylic acid groups (broad SMARTS) is 1. The summed E-state index contributed by atoms with van der Waals surface area (Å²) in [5.41, 5.74) is 0.111. The number of rotatable bonds is 9. The molecule has 12 nitrogen and oxygen atoms in total. The maximum absolute atomic E-state index is 13.6. The Morgan fingerprint density at radius 2 is 1.51 bits per heavy atom. The number of amides is 1. The standard InChI is InChI=1S/C26H23F6N5O7S/c1-15-22(24(39)40)33-13-21(35-15)36-10-11-37(45(41,42)19-8-6-18(7-9-19)44-26(30,31)32)20(14-36)23(38)34-12-16-2-4-17(5-3-16)43-25(27,28)29/h2-9,13,20H,10-12,14H2,1H3,(H,34,38)(H,39,40)/t20-/m1/s1. The van der Waals surface area contributed by atoms with Crippen molar-refractivity contribution in [1.82, 2.24) is 19.6 Å². The van der Waals surface area contributed by atoms with Crippen molar-refractivity contribution in [2.75, 3.05) is 24.5 Å². The number of nitrogens with one attached hydrogen (secondary N) is 1. The number of hydrogen-bond donors (Lipinski definition) is 2. The highest BCUT2D eigenvalue weighted by Gasteiger charge is 2.41. The monoisotopic (exact) mass is 663 g/mol. The van der Waals surface area contributed by atoms with Crippen molar-refractivity contribution in [3.63, 3.8) is 0 Å². The maximum Gasteiger partial charge on any atom is 0.573 e. The minimum atomic E-state index is -5.00. The number of anilines is 1. The first-order valence-corrected chi connectivity index (χ1v) is 14.2. The van der Waals surface area contributed by atoms with Crippen molar-refractivity contribution in [3.05, 3.63) is 71.7 Å². The van der Waals surface area contributed by atoms with Crippen molar-refractivity contribution in [2.24, 2.45) is 0 Å². The Morgan fingerprint density at radius 3 is 2.02 bits per heavy atom. The lowest BCUT2D eigenvalue weighted by Crippen LogP contribution is -2.60. The second-order valence-electron chi connectivity index (χ2n) is 9.47. The second-order valence-corrected chi connectivity index (χ2v) is 11.4. The first-order chi connectivity index (χ1) is 20.9. The van der Waals surface area contributed by atoms with Gasteiger partial charge in [-0.2, -0.15) is 4.31 Å². The molecule has 0 radical (unpaired) electrons. The van der Waals surface area contributed by atoms with Crippen LogP contribution in [-0.4, -0.2) is 78.1 Å². The third kappa shape index (κ3) is 8.50. The molecular formula is C26H23F6N5O7S. The van der Waals surface area contributed by atoms with E-state index in [9.17, 15) is 49.5 Å². The van der Waals surface area contributed by atoms with Gasteiger partial charge in [0.15, 0.2) is 5.69 Å². The Morgan fingerprint density at radius 1 is 0.956 bits per heavy atom. The normalized spacial score (nSPS) is 16.2. The van der Waals surface area contributed by atoms with Crippen molar-refractivity contribution < 1.29 is 58.9 Å². The highest BCUT2D eigenvalue weighted by molar-refractivity contribution is 7.89. The van der Waals surface area contributed by atoms with Crippen LogP contribution in [0.3, 0.4) is 0 Å². The Balaban J connectivity index is 1.58. The number of ether oxygens (including phenoxy) is 2. The fourth-order valence-electron chi connectivity index (χ4n) is 4.37. The molecule has 0 aliphatic carbocycles. The Kier molecular flexibility index (Phi) is 9.43. The van der Waals surface area contributed by atoms with Gasteiger partial charge < -0.3 is 24.8 Å². The van der Waals surface area contributed by atoms with E-state index in [1.54, 1.807) is 0 Å². The van der Waals surface area contributed by atoms with Crippen LogP contribution in [0.2, 0.25) is 0 Å². The average molecular weight is 664 g/mol. The fourth-order valence-corrected chi connectivity index (χ4v) is 5.94. The van der Waals surface area contributed by atoms with Gasteiger partial charge in [0.2, 0.25) is 15.9 Å². The number of nitrogens with zero attached hydrogens (tertiary/aromatic N) is 4. The molecule has 0 saturated carbocycles. The molecule has 2 heterocycles. The number of benzene rings is 2. The van der Waals surface area contributed by atoms with Crippen LogP contribution in [0.1, 0.15) is 21.7 Å². The van der Waals surface area contributed by atoms with Crippen LogP contribution >= 0.6 is 0 Å². The van der Waals surface area contributed by atoms with Gasteiger partial charge in [-0.1, -0.05) is 12.1 Å². The van der Waals surface area contributed by atoms with E-state index in [0.717, 1.165) is 46.9 Å². The Hall–Kier alpha value is -4.65. The second kappa shape index (κ2) is 12.8. The topological polar surface area (TPSA) is 151 Å². The highest BCUT2D eigenvalue weighted by atomic mass is 32.2. The summed E-state index contributed by atoms with van der Waals surface area (Å²) < 4.78 is 111. The van der Waals surface area contributed by atoms with Crippen LogP contribution in [0, 0.1) is 6.92 Å². The molecule has 45 heavy (non-hydrogen) atoms. The lowest BCUT2D eigenvalue weighted by Gasteiger charge is -2.40. The van der Waals surface area contributed by atoms with E-state index in [4.69, 9.17) is 0 Å². The summed E-state index contributed by atoms with van der Waals surface area (Å²) in [5, 5.41) is 11.8. The molecule has 1 aliphatic heterocycles. The lowest BCUT2D eigenvalue weighted by atomic mass is 10.1. The molecule has 1 amide bonds. The molecule has 0 unspecified atom stereocenters. The molecule has 1 saturated heterocycles. The Bertz CT molecular complexity index is 1650. The SMILES string of the molecule is Cc1nc(N2CCN(S(=O)(=O)c3ccc(OC(F)(F)F)cc3)[C@@H](C(=O)NCc3ccc(OC(F)(F)F)cc3)C2)cnc1C(=O)O. The van der Waals surface area contributed by atoms with Crippen molar-refractivity contribution in [3.8, 4) is 11.5 Å². The zero-order valence-electron chi connectivity index (χ0n) is 23.0. The number of carbonyl (C=O) groups is 2. The number of aromatic nitrogens is 2. The number of carboxylic acids is 1. The van der Waals surface area contributed by atoms with Gasteiger partial charge in [0.1, 0.15) is 23.4 Å². The van der Waals surface area contributed by atoms with Crippen LogP contribution in [0.4, 0.5) is 32.2 Å². The van der Waals surface area contributed by atoms with E-state index in [-0.39, 0.29) is 43.4 Å². The smallest absolute Gasteiger partial charge is 0.476 e. The van der Waals surface area contributed by atoms with Crippen LogP contribution < -0.4 is 19.7 Å². The number of hydrogen-bond acceptors (Lipinski definition) is 9. The molecule has 0 spiro atoms. The Labute approximate surface area is 251 Å². The van der Waals surface area contributed by atoms with Gasteiger partial charge in [0.05, 0.1) is 16.8 Å². The van der Waals surface area contributed by atoms with E-state index in [1.165, 1.54) is 24.0 Å². The number of piperazine rings is 1. The number of aryl methyl sites for hydroxylation is 1. The summed E-state index contributed by atoms with van der Waals surface area (Å²) in [6.07, 6.45) is -8.75. The molecule has 242 valence electrons. The zero-order valence-corrected chi connectivity index (χ0v) is 23.8. The zero-order chi connectivity index (χ0) is 33.2. The number of alkyl halides is 6. The molecule has 19 heteroatoms. The van der Waals surface area contributed by atoms with Gasteiger partial charge >= 0.3 is 18.7 Å². The number of aromatic carboxylic acids is 1. The van der Waals surface area contributed by atoms with Crippen LogP contribution in [0.15, 0.2) is 59.6 Å². The summed E-state index contributed by atoms with van der Waals surface area (Å²) in [6, 6.07) is 6.53. The molecule has 3 aromatic rings. The highest BCUT2D eigenvalue weighted by Crippen LogP contribution is 2.28. The predicted molar refractivity (Wildman–Crippen MR) is 142 cm³/mol. The quantitative estimate of drug-likeness (QED) is 0.326. The van der Waals surface area contributed by atoms with Crippen LogP contribution in [0.25, 0.3) is 0 Å². The van der Waals surface area contributed by atoms with Gasteiger partial charge in [-0.15, -0.1) is 26.3 Å². The first kappa shape index (κ1) is 33.2. The summed E-state index contributed by atoms with van der Waals surface area (Å²) in [7, 11) is -4.48. The molecule has 2 N–H and O–H groups in total. The van der Waals surface area contributed by atoms with Gasteiger partial charge in [-0.3, -0.25) is 4.79 Å². The number of sulfonamides is 1. The van der Waals surface area contributed by atoms with Gasteiger partial charge in [0.25, 0.3) is 0 Å². The third-order valence-corrected chi connectivity index (χ3v) is 8.30. The van der Waals surface area contributed by atoms with E-state index in [1.807, 2.05) is 0 Å². The summed E-state index contributed by atoms with van der Waals surface area (Å²) >= 11 is 0. The molecule has 4 rings (SSSR count). The molecule has 1 atom stereocenters. The molecular weight excluding hydrogens is 640 g/mol. The molecule has 1 fully saturated rings. The van der Waals surface area contributed by atoms with E-state index >= 15 is 0 Å². The molecule has 1 aromatic heterocycles. The maximum atomic E-state index is 13.6. The van der Waals surface area contributed by atoms with Crippen LogP contribution in [-0.2, 0) is 21.4 Å². The molecule has 0 bridgehead atoms. The van der Waals surface area contributed by atoms with Crippen LogP contribution in [0.5, 0.6) is 11.5 Å². The summed E-state index contributed by atoms with van der Waals surface area (Å²) in [4.78, 5) is 33.9. The predicted octanol–water partition coefficient (Wildman–Crippen LogP) is 3.48. The lowest BCUT2D eigenvalue weighted by molar-refractivity contribution is -0.275. The van der Waals surface area contributed by atoms with Crippen molar-refractivity contribution >= 4 is 27.7 Å². The first-order valence-electron chi connectivity index (χ1n) is 12.7. The largest absolute Gasteiger partial charge is 0.573 e. The summed E-state index contributed by atoms with van der Waals surface area (Å²) in [5.74, 6) is -3.13. The van der Waals surface area contributed by atoms with E-state index in [2.05, 4.69) is 24.8 Å². The number of carbonyl (C=O) groups excluding carboxylic acids is 1. The molecule has 1 aliphatic rings. The van der Waals surface area contributed by atoms with E-state index in [0.29, 0.717) is 5.56 Å². The average Bonchev–Trinajstić information content (AvgIpc) is 2.94. The van der Waals surface area contributed by atoms with Gasteiger partial charge in [-0.05, 0) is 48.9 Å². The summed E-state index contributed by atoms with van der Waals surface area (Å²) in [6.45, 7) is 0.568. The van der Waals surface area contributed by atoms with E-state index < -0.39 is 57.1 Å².